The van der Waals surface area contributed by atoms with Gasteiger partial charge in [0.15, 0.2) is 5.97 Å². The molecule has 0 aliphatic carbocycles. The van der Waals surface area contributed by atoms with Crippen molar-refractivity contribution in [1.29, 1.82) is 0 Å². The number of hydrogen-bond donors (Lipinski definition) is 1. The average molecular weight is 80.0 g/mol. The van der Waals surface area contributed by atoms with Crippen molar-refractivity contribution in [1.82, 2.24) is 0 Å². The van der Waals surface area contributed by atoms with E-state index in [1.807, 2.05) is 0 Å². The summed E-state index contributed by atoms with van der Waals surface area (Å²) in [5.74, 6) is -1.55. The van der Waals surface area contributed by atoms with E-state index in [4.69, 9.17) is 14.7 Å². The molecule has 6 heavy (non-hydrogen) atoms. The van der Waals surface area contributed by atoms with Gasteiger partial charge in [-0.25, -0.2) is 0 Å². The molecule has 0 aliphatic rings. The minimum absolute atomic E-state index is 0. The average Bonchev–Trinajstić information content (AvgIpc) is 1.38. The Balaban J connectivity index is 0. The van der Waals surface area contributed by atoms with Crippen LogP contribution in [0.3, 0.4) is 0 Å². The topological polar surface area (TPSA) is 54.4 Å². The fraction of sp³-hybridized carbons (Fsp3) is 0. The van der Waals surface area contributed by atoms with Gasteiger partial charge in [-0.05, 0) is 0 Å². The summed E-state index contributed by atoms with van der Waals surface area (Å²) in [5.41, 5.74) is 0. The van der Waals surface area contributed by atoms with Crippen LogP contribution in [0.4, 0.5) is 0 Å². The third-order valence-electron chi connectivity index (χ3n) is 0.0873. The van der Waals surface area contributed by atoms with Crippen LogP contribution in [0.2, 0.25) is 0 Å². The summed E-state index contributed by atoms with van der Waals surface area (Å²) in [4.78, 5) is 17.7. The molecule has 0 aromatic rings. The Hall–Kier alpha value is -0.263. The van der Waals surface area contributed by atoms with Gasteiger partial charge in [-0.1, -0.05) is 0 Å². The van der Waals surface area contributed by atoms with Crippen LogP contribution < -0.4 is 18.9 Å². The van der Waals surface area contributed by atoms with Crippen molar-refractivity contribution in [3.63, 3.8) is 0 Å². The molecule has 4 heteroatoms. The van der Waals surface area contributed by atoms with Crippen molar-refractivity contribution in [3.05, 3.63) is 0 Å². The first kappa shape index (κ1) is 9.22. The van der Waals surface area contributed by atoms with E-state index in [0.717, 1.165) is 0 Å². The summed E-state index contributed by atoms with van der Waals surface area (Å²) in [6.07, 6.45) is 0.694. The second-order valence-electron chi connectivity index (χ2n) is 0.407. The van der Waals surface area contributed by atoms with E-state index in [1.165, 1.54) is 0 Å². The van der Waals surface area contributed by atoms with E-state index in [0.29, 0.717) is 6.29 Å². The molecule has 0 saturated heterocycles. The van der Waals surface area contributed by atoms with Crippen LogP contribution in [-0.2, 0) is 9.59 Å². The molecule has 0 spiro atoms. The second kappa shape index (κ2) is 4.74. The van der Waals surface area contributed by atoms with E-state index in [1.54, 1.807) is 0 Å². The zero-order valence-corrected chi connectivity index (χ0v) is 3.26. The molecule has 1 N–H and O–H groups in total. The SMILES string of the molecule is O=[C-]C(=O)O.[Li+]. The van der Waals surface area contributed by atoms with E-state index in [-0.39, 0.29) is 18.9 Å². The van der Waals surface area contributed by atoms with E-state index < -0.39 is 5.97 Å². The van der Waals surface area contributed by atoms with Crippen molar-refractivity contribution in [3.8, 4) is 0 Å². The van der Waals surface area contributed by atoms with Crippen LogP contribution in [0.25, 0.3) is 0 Å². The van der Waals surface area contributed by atoms with Gasteiger partial charge in [-0.2, -0.15) is 6.29 Å². The maximum absolute atomic E-state index is 8.94. The predicted octanol–water partition coefficient (Wildman–Crippen LogP) is -3.82. The van der Waals surface area contributed by atoms with Crippen molar-refractivity contribution in [2.45, 2.75) is 0 Å². The number of hydrogen-bond acceptors (Lipinski definition) is 2. The van der Waals surface area contributed by atoms with Gasteiger partial charge in [-0.3, -0.25) is 4.79 Å². The molecule has 0 rings (SSSR count). The molecule has 0 saturated carbocycles. The van der Waals surface area contributed by atoms with E-state index >= 15 is 0 Å². The van der Waals surface area contributed by atoms with Gasteiger partial charge in [0.05, 0.1) is 0 Å². The Bertz CT molecular complexity index is 59.8. The summed E-state index contributed by atoms with van der Waals surface area (Å²) in [6.45, 7) is 0. The Morgan fingerprint density at radius 3 is 1.83 bits per heavy atom. The molecule has 0 radical (unpaired) electrons. The Labute approximate surface area is 46.5 Å². The largest absolute Gasteiger partial charge is 1.00 e. The fourth-order valence-electron chi connectivity index (χ4n) is 0. The van der Waals surface area contributed by atoms with Crippen LogP contribution >= 0.6 is 0 Å². The standard InChI is InChI=1S/C2HO3.Li/c3-1-2(4)5;/h(H,4,5);/q-1;+1. The third-order valence-corrected chi connectivity index (χ3v) is 0.0873. The maximum Gasteiger partial charge on any atom is 1.00 e. The predicted molar refractivity (Wildman–Crippen MR) is 13.3 cm³/mol. The summed E-state index contributed by atoms with van der Waals surface area (Å²) >= 11 is 0. The van der Waals surface area contributed by atoms with Gasteiger partial charge in [0.1, 0.15) is 0 Å². The molecule has 0 unspecified atom stereocenters. The van der Waals surface area contributed by atoms with Gasteiger partial charge < -0.3 is 9.90 Å². The van der Waals surface area contributed by atoms with Crippen LogP contribution in [0.15, 0.2) is 0 Å². The summed E-state index contributed by atoms with van der Waals surface area (Å²) in [7, 11) is 0. The summed E-state index contributed by atoms with van der Waals surface area (Å²) in [5, 5.41) is 7.30. The molecule has 0 aliphatic heterocycles. The molecule has 0 atom stereocenters. The molecule has 0 amide bonds. The molecule has 0 heterocycles. The Kier molecular flexibility index (Phi) is 7.28. The monoisotopic (exact) mass is 80.0 g/mol. The third kappa shape index (κ3) is 9.28. The smallest absolute Gasteiger partial charge is 0.531 e. The molecule has 0 aromatic carbocycles. The molecule has 0 bridgehead atoms. The molecule has 0 aromatic heterocycles. The summed E-state index contributed by atoms with van der Waals surface area (Å²) in [6, 6.07) is 0. The zero-order chi connectivity index (χ0) is 4.28. The number of carboxylic acids is 1. The van der Waals surface area contributed by atoms with Crippen LogP contribution in [0, 0.1) is 0 Å². The number of aliphatic carboxylic acids is 1. The van der Waals surface area contributed by atoms with Crippen molar-refractivity contribution in [2.24, 2.45) is 0 Å². The number of rotatable bonds is 1. The normalized spacial score (nSPS) is 5.33. The van der Waals surface area contributed by atoms with Gasteiger partial charge >= 0.3 is 18.9 Å². The number of carbonyl (C=O) groups is 1. The maximum atomic E-state index is 8.94. The van der Waals surface area contributed by atoms with Gasteiger partial charge in [-0.15, -0.1) is 0 Å². The minimum Gasteiger partial charge on any atom is -0.531 e. The first-order valence-electron chi connectivity index (χ1n) is 0.882. The van der Waals surface area contributed by atoms with Crippen LogP contribution in [0.5, 0.6) is 0 Å². The van der Waals surface area contributed by atoms with Crippen molar-refractivity contribution >= 4 is 12.3 Å². The second-order valence-corrected chi connectivity index (χ2v) is 0.407. The number of carboxylic acid groups (broad SMARTS) is 1. The Morgan fingerprint density at radius 2 is 1.83 bits per heavy atom. The quantitative estimate of drug-likeness (QED) is 0.199. The minimum atomic E-state index is -1.55. The van der Waals surface area contributed by atoms with Crippen molar-refractivity contribution in [2.75, 3.05) is 0 Å². The van der Waals surface area contributed by atoms with E-state index in [2.05, 4.69) is 0 Å². The van der Waals surface area contributed by atoms with Crippen LogP contribution in [-0.4, -0.2) is 17.4 Å². The molecule has 3 nitrogen and oxygen atoms in total. The fourth-order valence-corrected chi connectivity index (χ4v) is 0. The van der Waals surface area contributed by atoms with Gasteiger partial charge in [0, 0.05) is 0 Å². The molecule has 28 valence electrons. The summed E-state index contributed by atoms with van der Waals surface area (Å²) < 4.78 is 0. The van der Waals surface area contributed by atoms with Crippen molar-refractivity contribution < 1.29 is 33.6 Å². The number of carbonyl (C=O) groups excluding carboxylic acids is 1. The molecular weight excluding hydrogens is 79.0 g/mol. The molecule has 0 fully saturated rings. The first-order chi connectivity index (χ1) is 2.27. The van der Waals surface area contributed by atoms with E-state index in [9.17, 15) is 0 Å². The van der Waals surface area contributed by atoms with Gasteiger partial charge in [0.2, 0.25) is 0 Å². The first-order valence-corrected chi connectivity index (χ1v) is 0.882. The zero-order valence-electron chi connectivity index (χ0n) is 3.26. The van der Waals surface area contributed by atoms with Gasteiger partial charge in [0.25, 0.3) is 0 Å². The Morgan fingerprint density at radius 1 is 1.67 bits per heavy atom. The molecular formula is C2HLiO3. The van der Waals surface area contributed by atoms with Crippen LogP contribution in [0.1, 0.15) is 0 Å².